The molecule has 0 heterocycles. The maximum atomic E-state index is 10.6. The van der Waals surface area contributed by atoms with E-state index < -0.39 is 15.6 Å². The molecule has 1 atom stereocenters. The van der Waals surface area contributed by atoms with E-state index in [-0.39, 0.29) is 11.3 Å². The van der Waals surface area contributed by atoms with Crippen LogP contribution in [0.1, 0.15) is 16.6 Å². The maximum absolute atomic E-state index is 10.6. The van der Waals surface area contributed by atoms with Crippen LogP contribution < -0.4 is 0 Å². The Morgan fingerprint density at radius 2 is 1.93 bits per heavy atom. The number of aliphatic hydroxyl groups is 1. The third-order valence-corrected chi connectivity index (χ3v) is 2.55. The standard InChI is InChI=1S/C8H10O5S/c1-5-2-3-7(9)6(4-5)8(10)14(11,12)13/h2-4,8-10H,1H3,(H,11,12,13)/t8-/m1/s1. The number of rotatable bonds is 2. The van der Waals surface area contributed by atoms with Crippen LogP contribution in [0.3, 0.4) is 0 Å². The molecule has 14 heavy (non-hydrogen) atoms. The van der Waals surface area contributed by atoms with E-state index in [9.17, 15) is 13.5 Å². The fraction of sp³-hybridized carbons (Fsp3) is 0.250. The summed E-state index contributed by atoms with van der Waals surface area (Å²) in [5.74, 6) is -0.374. The van der Waals surface area contributed by atoms with Gasteiger partial charge in [-0.3, -0.25) is 4.55 Å². The zero-order valence-corrected chi connectivity index (χ0v) is 8.19. The Hall–Kier alpha value is -1.11. The van der Waals surface area contributed by atoms with Crippen LogP contribution in [0.2, 0.25) is 0 Å². The minimum absolute atomic E-state index is 0.229. The Morgan fingerprint density at radius 3 is 2.43 bits per heavy atom. The molecule has 0 amide bonds. The topological polar surface area (TPSA) is 94.8 Å². The molecule has 78 valence electrons. The van der Waals surface area contributed by atoms with Gasteiger partial charge >= 0.3 is 0 Å². The highest BCUT2D eigenvalue weighted by atomic mass is 32.2. The lowest BCUT2D eigenvalue weighted by Gasteiger charge is -2.09. The molecule has 0 aromatic heterocycles. The minimum atomic E-state index is -4.60. The third kappa shape index (κ3) is 2.22. The number of hydrogen-bond acceptors (Lipinski definition) is 4. The Kier molecular flexibility index (Phi) is 2.79. The molecule has 0 saturated heterocycles. The van der Waals surface area contributed by atoms with Gasteiger partial charge in [-0.1, -0.05) is 11.6 Å². The predicted octanol–water partition coefficient (Wildman–Crippen LogP) is 0.579. The van der Waals surface area contributed by atoms with Gasteiger partial charge in [0, 0.05) is 5.56 Å². The summed E-state index contributed by atoms with van der Waals surface area (Å²) in [4.78, 5) is 0. The molecule has 0 spiro atoms. The third-order valence-electron chi connectivity index (χ3n) is 1.73. The first-order valence-corrected chi connectivity index (χ1v) is 5.26. The SMILES string of the molecule is Cc1ccc(O)c([C@H](O)S(=O)(=O)O)c1. The van der Waals surface area contributed by atoms with Gasteiger partial charge in [0.15, 0.2) is 0 Å². The van der Waals surface area contributed by atoms with Gasteiger partial charge in [0.1, 0.15) is 5.75 Å². The largest absolute Gasteiger partial charge is 0.508 e. The zero-order chi connectivity index (χ0) is 10.9. The molecule has 1 rings (SSSR count). The number of benzene rings is 1. The molecule has 1 aromatic rings. The molecular formula is C8H10O5S. The van der Waals surface area contributed by atoms with Gasteiger partial charge < -0.3 is 10.2 Å². The second-order valence-corrected chi connectivity index (χ2v) is 4.41. The lowest BCUT2D eigenvalue weighted by Crippen LogP contribution is -2.11. The first-order chi connectivity index (χ1) is 6.32. The summed E-state index contributed by atoms with van der Waals surface area (Å²) in [5.41, 5.74) is -1.67. The Bertz CT molecular complexity index is 437. The van der Waals surface area contributed by atoms with E-state index in [2.05, 4.69) is 0 Å². The minimum Gasteiger partial charge on any atom is -0.508 e. The number of phenolic OH excluding ortho intramolecular Hbond substituents is 1. The quantitative estimate of drug-likeness (QED) is 0.631. The van der Waals surface area contributed by atoms with Gasteiger partial charge in [-0.25, -0.2) is 0 Å². The highest BCUT2D eigenvalue weighted by Gasteiger charge is 2.24. The predicted molar refractivity (Wildman–Crippen MR) is 49.4 cm³/mol. The Morgan fingerprint density at radius 1 is 1.36 bits per heavy atom. The monoisotopic (exact) mass is 218 g/mol. The van der Waals surface area contributed by atoms with Gasteiger partial charge in [-0.05, 0) is 19.1 Å². The molecular weight excluding hydrogens is 208 g/mol. The van der Waals surface area contributed by atoms with Crippen LogP contribution in [0, 0.1) is 6.92 Å². The van der Waals surface area contributed by atoms with Gasteiger partial charge in [-0.15, -0.1) is 0 Å². The summed E-state index contributed by atoms with van der Waals surface area (Å²) in [6.45, 7) is 1.67. The van der Waals surface area contributed by atoms with Crippen molar-refractivity contribution in [3.63, 3.8) is 0 Å². The van der Waals surface area contributed by atoms with Crippen LogP contribution in [0.15, 0.2) is 18.2 Å². The van der Waals surface area contributed by atoms with Crippen molar-refractivity contribution in [1.82, 2.24) is 0 Å². The van der Waals surface area contributed by atoms with Crippen molar-refractivity contribution in [2.75, 3.05) is 0 Å². The van der Waals surface area contributed by atoms with Crippen molar-refractivity contribution >= 4 is 10.1 Å². The molecule has 0 saturated carbocycles. The van der Waals surface area contributed by atoms with Crippen LogP contribution in [-0.2, 0) is 10.1 Å². The van der Waals surface area contributed by atoms with Gasteiger partial charge in [0.05, 0.1) is 0 Å². The molecule has 5 nitrogen and oxygen atoms in total. The van der Waals surface area contributed by atoms with E-state index in [1.807, 2.05) is 0 Å². The highest BCUT2D eigenvalue weighted by molar-refractivity contribution is 7.85. The molecule has 3 N–H and O–H groups in total. The number of aryl methyl sites for hydroxylation is 1. The smallest absolute Gasteiger partial charge is 0.296 e. The summed E-state index contributed by atoms with van der Waals surface area (Å²) in [5, 5.41) is 18.4. The van der Waals surface area contributed by atoms with Crippen molar-refractivity contribution < 1.29 is 23.2 Å². The number of aromatic hydroxyl groups is 1. The average Bonchev–Trinajstić information content (AvgIpc) is 2.06. The van der Waals surface area contributed by atoms with Crippen molar-refractivity contribution in [3.8, 4) is 5.75 Å². The molecule has 0 aliphatic heterocycles. The number of aliphatic hydroxyl groups excluding tert-OH is 1. The van der Waals surface area contributed by atoms with Crippen LogP contribution in [0.25, 0.3) is 0 Å². The first-order valence-electron chi connectivity index (χ1n) is 3.76. The lowest BCUT2D eigenvalue weighted by atomic mass is 10.1. The molecule has 6 heteroatoms. The molecule has 0 aliphatic rings. The van der Waals surface area contributed by atoms with E-state index >= 15 is 0 Å². The van der Waals surface area contributed by atoms with Crippen LogP contribution >= 0.6 is 0 Å². The van der Waals surface area contributed by atoms with Crippen molar-refractivity contribution in [3.05, 3.63) is 29.3 Å². The van der Waals surface area contributed by atoms with E-state index in [4.69, 9.17) is 9.66 Å². The van der Waals surface area contributed by atoms with Crippen molar-refractivity contribution in [1.29, 1.82) is 0 Å². The van der Waals surface area contributed by atoms with E-state index in [1.54, 1.807) is 13.0 Å². The molecule has 0 unspecified atom stereocenters. The van der Waals surface area contributed by atoms with Gasteiger partial charge in [0.25, 0.3) is 10.1 Å². The Balaban J connectivity index is 3.26. The molecule has 0 aliphatic carbocycles. The van der Waals surface area contributed by atoms with Crippen LogP contribution in [0.4, 0.5) is 0 Å². The van der Waals surface area contributed by atoms with E-state index in [0.717, 1.165) is 0 Å². The van der Waals surface area contributed by atoms with Crippen molar-refractivity contribution in [2.45, 2.75) is 12.4 Å². The average molecular weight is 218 g/mol. The molecule has 0 fully saturated rings. The number of phenols is 1. The fourth-order valence-electron chi connectivity index (χ4n) is 1.03. The van der Waals surface area contributed by atoms with E-state index in [1.165, 1.54) is 12.1 Å². The zero-order valence-electron chi connectivity index (χ0n) is 7.38. The van der Waals surface area contributed by atoms with Crippen molar-refractivity contribution in [2.24, 2.45) is 0 Å². The Labute approximate surface area is 81.4 Å². The summed E-state index contributed by atoms with van der Waals surface area (Å²) in [6, 6.07) is 4.09. The number of hydrogen-bond donors (Lipinski definition) is 3. The van der Waals surface area contributed by atoms with Crippen LogP contribution in [-0.4, -0.2) is 23.2 Å². The second kappa shape index (κ2) is 3.56. The summed E-state index contributed by atoms with van der Waals surface area (Å²) >= 11 is 0. The molecule has 0 radical (unpaired) electrons. The molecule has 0 bridgehead atoms. The normalized spacial score (nSPS) is 13.9. The van der Waals surface area contributed by atoms with Gasteiger partial charge in [-0.2, -0.15) is 8.42 Å². The highest BCUT2D eigenvalue weighted by Crippen LogP contribution is 2.27. The first kappa shape index (κ1) is 11.0. The maximum Gasteiger partial charge on any atom is 0.296 e. The lowest BCUT2D eigenvalue weighted by molar-refractivity contribution is 0.233. The summed E-state index contributed by atoms with van der Waals surface area (Å²) in [6.07, 6.45) is 0. The molecule has 1 aromatic carbocycles. The summed E-state index contributed by atoms with van der Waals surface area (Å²) < 4.78 is 29.7. The summed E-state index contributed by atoms with van der Waals surface area (Å²) in [7, 11) is -4.60. The fourth-order valence-corrected chi connectivity index (χ4v) is 1.54. The van der Waals surface area contributed by atoms with Crippen LogP contribution in [0.5, 0.6) is 5.75 Å². The van der Waals surface area contributed by atoms with E-state index in [0.29, 0.717) is 5.56 Å². The van der Waals surface area contributed by atoms with Gasteiger partial charge in [0.2, 0.25) is 5.44 Å². The second-order valence-electron chi connectivity index (χ2n) is 2.93.